The van der Waals surface area contributed by atoms with E-state index in [1.165, 1.54) is 36.4 Å². The second kappa shape index (κ2) is 4.83. The Labute approximate surface area is 109 Å². The highest BCUT2D eigenvalue weighted by molar-refractivity contribution is 7.99. The van der Waals surface area contributed by atoms with E-state index in [2.05, 4.69) is 16.0 Å². The molecule has 0 saturated heterocycles. The number of oxazole rings is 1. The molecular formula is C13H11N3OS. The highest BCUT2D eigenvalue weighted by Crippen LogP contribution is 2.30. The van der Waals surface area contributed by atoms with Gasteiger partial charge in [-0.15, -0.1) is 0 Å². The van der Waals surface area contributed by atoms with Gasteiger partial charge in [-0.3, -0.25) is 0 Å². The molecule has 18 heavy (non-hydrogen) atoms. The van der Waals surface area contributed by atoms with Crippen molar-refractivity contribution in [1.29, 1.82) is 5.26 Å². The van der Waals surface area contributed by atoms with E-state index in [0.29, 0.717) is 15.8 Å². The average Bonchev–Trinajstić information content (AvgIpc) is 2.91. The lowest BCUT2D eigenvalue weighted by molar-refractivity contribution is 0.454. The van der Waals surface area contributed by atoms with Gasteiger partial charge in [0.25, 0.3) is 5.22 Å². The van der Waals surface area contributed by atoms with Crippen molar-refractivity contribution in [1.82, 2.24) is 9.97 Å². The standard InChI is InChI=1S/C13H11N3OS/c14-8-10-7-9-3-1-2-4-11(9)16-12(10)18-13-15-5-6-17-13/h5-7H,1-4H2. The van der Waals surface area contributed by atoms with Crippen LogP contribution in [0.1, 0.15) is 29.7 Å². The molecule has 5 heteroatoms. The van der Waals surface area contributed by atoms with E-state index in [4.69, 9.17) is 4.42 Å². The Morgan fingerprint density at radius 1 is 1.33 bits per heavy atom. The van der Waals surface area contributed by atoms with Crippen molar-refractivity contribution in [2.45, 2.75) is 35.9 Å². The molecule has 2 heterocycles. The maximum atomic E-state index is 9.19. The normalized spacial score (nSPS) is 13.9. The summed E-state index contributed by atoms with van der Waals surface area (Å²) in [6, 6.07) is 4.17. The second-order valence-corrected chi connectivity index (χ2v) is 5.11. The van der Waals surface area contributed by atoms with Crippen LogP contribution >= 0.6 is 11.8 Å². The lowest BCUT2D eigenvalue weighted by Crippen LogP contribution is -2.07. The zero-order valence-electron chi connectivity index (χ0n) is 9.72. The van der Waals surface area contributed by atoms with E-state index in [1.807, 2.05) is 6.07 Å². The first-order valence-electron chi connectivity index (χ1n) is 5.87. The van der Waals surface area contributed by atoms with Crippen LogP contribution in [0.3, 0.4) is 0 Å². The van der Waals surface area contributed by atoms with Crippen molar-refractivity contribution >= 4 is 11.8 Å². The quantitative estimate of drug-likeness (QED) is 0.827. The summed E-state index contributed by atoms with van der Waals surface area (Å²) in [5.41, 5.74) is 2.95. The molecule has 0 saturated carbocycles. The molecule has 0 N–H and O–H groups in total. The van der Waals surface area contributed by atoms with Gasteiger partial charge in [0.15, 0.2) is 0 Å². The van der Waals surface area contributed by atoms with Crippen LogP contribution in [0.4, 0.5) is 0 Å². The van der Waals surface area contributed by atoms with Crippen LogP contribution in [-0.2, 0) is 12.8 Å². The van der Waals surface area contributed by atoms with Crippen LogP contribution in [0.2, 0.25) is 0 Å². The summed E-state index contributed by atoms with van der Waals surface area (Å²) < 4.78 is 5.18. The van der Waals surface area contributed by atoms with Crippen molar-refractivity contribution < 1.29 is 4.42 Å². The van der Waals surface area contributed by atoms with Gasteiger partial charge < -0.3 is 4.42 Å². The number of nitrogens with zero attached hydrogens (tertiary/aromatic N) is 3. The maximum absolute atomic E-state index is 9.19. The fourth-order valence-corrected chi connectivity index (χ4v) is 2.87. The number of nitriles is 1. The van der Waals surface area contributed by atoms with E-state index < -0.39 is 0 Å². The average molecular weight is 257 g/mol. The summed E-state index contributed by atoms with van der Waals surface area (Å²) >= 11 is 1.31. The van der Waals surface area contributed by atoms with Gasteiger partial charge in [0, 0.05) is 5.69 Å². The van der Waals surface area contributed by atoms with Crippen LogP contribution in [0.15, 0.2) is 33.2 Å². The summed E-state index contributed by atoms with van der Waals surface area (Å²) in [5, 5.41) is 10.4. The van der Waals surface area contributed by atoms with Crippen molar-refractivity contribution in [3.05, 3.63) is 35.3 Å². The zero-order chi connectivity index (χ0) is 12.4. The Kier molecular flexibility index (Phi) is 3.03. The molecule has 2 aromatic rings. The summed E-state index contributed by atoms with van der Waals surface area (Å²) in [5.74, 6) is 0. The van der Waals surface area contributed by atoms with E-state index in [9.17, 15) is 5.26 Å². The van der Waals surface area contributed by atoms with Crippen LogP contribution < -0.4 is 0 Å². The monoisotopic (exact) mass is 257 g/mol. The lowest BCUT2D eigenvalue weighted by Gasteiger charge is -2.15. The topological polar surface area (TPSA) is 62.7 Å². The molecule has 4 nitrogen and oxygen atoms in total. The predicted octanol–water partition coefficient (Wildman–Crippen LogP) is 2.97. The Hall–Kier alpha value is -1.80. The Bertz CT molecular complexity index is 601. The van der Waals surface area contributed by atoms with Crippen LogP contribution in [0.25, 0.3) is 0 Å². The molecule has 0 fully saturated rings. The summed E-state index contributed by atoms with van der Waals surface area (Å²) in [4.78, 5) is 8.65. The molecule has 0 bridgehead atoms. The minimum Gasteiger partial charge on any atom is -0.440 e. The molecular weight excluding hydrogens is 246 g/mol. The highest BCUT2D eigenvalue weighted by Gasteiger charge is 2.16. The molecule has 0 unspecified atom stereocenters. The molecule has 0 aliphatic heterocycles. The number of rotatable bonds is 2. The molecule has 0 amide bonds. The second-order valence-electron chi connectivity index (χ2n) is 4.17. The number of hydrogen-bond donors (Lipinski definition) is 0. The third-order valence-corrected chi connectivity index (χ3v) is 3.86. The number of aryl methyl sites for hydroxylation is 2. The first kappa shape index (κ1) is 11.3. The molecule has 0 atom stereocenters. The van der Waals surface area contributed by atoms with Crippen molar-refractivity contribution in [3.8, 4) is 6.07 Å². The van der Waals surface area contributed by atoms with Gasteiger partial charge in [0.1, 0.15) is 17.4 Å². The molecule has 1 aliphatic rings. The van der Waals surface area contributed by atoms with E-state index in [0.717, 1.165) is 18.5 Å². The third-order valence-electron chi connectivity index (χ3n) is 2.98. The smallest absolute Gasteiger partial charge is 0.262 e. The van der Waals surface area contributed by atoms with E-state index in [-0.39, 0.29) is 0 Å². The lowest BCUT2D eigenvalue weighted by atomic mass is 9.95. The highest BCUT2D eigenvalue weighted by atomic mass is 32.2. The fraction of sp³-hybridized carbons (Fsp3) is 0.308. The SMILES string of the molecule is N#Cc1cc2c(nc1Sc1ncco1)CCCC2. The van der Waals surface area contributed by atoms with E-state index >= 15 is 0 Å². The molecule has 0 radical (unpaired) electrons. The molecule has 0 spiro atoms. The summed E-state index contributed by atoms with van der Waals surface area (Å²) in [7, 11) is 0. The minimum atomic E-state index is 0.523. The molecule has 3 rings (SSSR count). The molecule has 0 aromatic carbocycles. The Morgan fingerprint density at radius 2 is 2.22 bits per heavy atom. The molecule has 1 aliphatic carbocycles. The minimum absolute atomic E-state index is 0.523. The van der Waals surface area contributed by atoms with E-state index in [1.54, 1.807) is 6.20 Å². The number of hydrogen-bond acceptors (Lipinski definition) is 5. The van der Waals surface area contributed by atoms with Gasteiger partial charge in [-0.1, -0.05) is 0 Å². The first-order chi connectivity index (χ1) is 8.86. The number of fused-ring (bicyclic) bond motifs is 1. The first-order valence-corrected chi connectivity index (χ1v) is 6.68. The Balaban J connectivity index is 2.00. The van der Waals surface area contributed by atoms with Gasteiger partial charge in [-0.25, -0.2) is 9.97 Å². The molecule has 90 valence electrons. The van der Waals surface area contributed by atoms with Gasteiger partial charge in [0.05, 0.1) is 11.8 Å². The summed E-state index contributed by atoms with van der Waals surface area (Å²) in [6.07, 6.45) is 7.50. The van der Waals surface area contributed by atoms with Crippen LogP contribution in [0.5, 0.6) is 0 Å². The number of aromatic nitrogens is 2. The van der Waals surface area contributed by atoms with Gasteiger partial charge in [-0.05, 0) is 49.1 Å². The maximum Gasteiger partial charge on any atom is 0.262 e. The van der Waals surface area contributed by atoms with Gasteiger partial charge in [-0.2, -0.15) is 5.26 Å². The third kappa shape index (κ3) is 2.12. The fourth-order valence-electron chi connectivity index (χ4n) is 2.12. The zero-order valence-corrected chi connectivity index (χ0v) is 10.5. The van der Waals surface area contributed by atoms with Crippen molar-refractivity contribution in [2.75, 3.05) is 0 Å². The molecule has 2 aromatic heterocycles. The van der Waals surface area contributed by atoms with Crippen molar-refractivity contribution in [2.24, 2.45) is 0 Å². The summed E-state index contributed by atoms with van der Waals surface area (Å²) in [6.45, 7) is 0. The van der Waals surface area contributed by atoms with Crippen LogP contribution in [0, 0.1) is 11.3 Å². The van der Waals surface area contributed by atoms with Gasteiger partial charge in [0.2, 0.25) is 0 Å². The number of pyridine rings is 1. The largest absolute Gasteiger partial charge is 0.440 e. The van der Waals surface area contributed by atoms with Crippen molar-refractivity contribution in [3.63, 3.8) is 0 Å². The van der Waals surface area contributed by atoms with Crippen LogP contribution in [-0.4, -0.2) is 9.97 Å². The predicted molar refractivity (Wildman–Crippen MR) is 66.2 cm³/mol. The Morgan fingerprint density at radius 3 is 3.00 bits per heavy atom. The van der Waals surface area contributed by atoms with Gasteiger partial charge >= 0.3 is 0 Å².